The molecule has 0 aromatic heterocycles. The lowest BCUT2D eigenvalue weighted by Gasteiger charge is -2.29. The first kappa shape index (κ1) is 73.3. The third kappa shape index (κ3) is 22.7. The molecular weight excluding hydrogens is 1160 g/mol. The van der Waals surface area contributed by atoms with E-state index in [0.29, 0.717) is 11.1 Å². The van der Waals surface area contributed by atoms with Gasteiger partial charge in [-0.25, -0.2) is 0 Å². The molecule has 4 rings (SSSR count). The van der Waals surface area contributed by atoms with Crippen LogP contribution in [0.5, 0.6) is 0 Å². The third-order valence-electron chi connectivity index (χ3n) is 14.8. The second-order valence-electron chi connectivity index (χ2n) is 22.4. The SMILES string of the molecule is CC(C)C[C@@H]1NC(=O)[C@@H](Cc2ccccc2)NC(=O)[C@H](CCN)NC(=O)[C@@H](NC(=O)[C@H](CCN)NC(=O)[C@@H](NC(=O)[C@H](CCN)NC(=O)C2C(=O)OCC2c2ccccc2)C(C)O)CCNC(=O)[C@H](C(C)O)NC(=O)[C@H](CCN)NC(=O)[C@H](CCN)NC1=O. The van der Waals surface area contributed by atoms with Crippen molar-refractivity contribution in [3.63, 3.8) is 0 Å². The summed E-state index contributed by atoms with van der Waals surface area (Å²) in [6, 6.07) is 1.71. The average Bonchev–Trinajstić information content (AvgIpc) is 3.37. The van der Waals surface area contributed by atoms with E-state index in [1.54, 1.807) is 74.5 Å². The van der Waals surface area contributed by atoms with Gasteiger partial charge in [0.2, 0.25) is 65.0 Å². The highest BCUT2D eigenvalue weighted by atomic mass is 16.5. The van der Waals surface area contributed by atoms with Crippen LogP contribution in [0, 0.1) is 11.8 Å². The number of aliphatic hydroxyl groups excluding tert-OH is 2. The van der Waals surface area contributed by atoms with E-state index in [4.69, 9.17) is 33.4 Å². The summed E-state index contributed by atoms with van der Waals surface area (Å²) in [6.45, 7) is 4.36. The van der Waals surface area contributed by atoms with Gasteiger partial charge in [0.25, 0.3) is 0 Å². The maximum atomic E-state index is 14.6. The molecule has 2 aliphatic heterocycles. The first-order valence-corrected chi connectivity index (χ1v) is 29.8. The number of aliphatic hydroxyl groups is 2. The minimum atomic E-state index is -1.82. The van der Waals surface area contributed by atoms with Gasteiger partial charge in [-0.3, -0.25) is 57.5 Å². The molecule has 4 unspecified atom stereocenters. The Labute approximate surface area is 516 Å². The fraction of sp³-hybridized carbons (Fsp3) is 0.586. The summed E-state index contributed by atoms with van der Waals surface area (Å²) in [5.74, 6) is -13.7. The Morgan fingerprint density at radius 2 is 1.04 bits per heavy atom. The van der Waals surface area contributed by atoms with Crippen molar-refractivity contribution in [3.8, 4) is 0 Å². The van der Waals surface area contributed by atoms with Crippen LogP contribution < -0.4 is 87.2 Å². The molecule has 2 aromatic rings. The molecule has 0 saturated carbocycles. The number of nitrogens with two attached hydrogens (primary N) is 5. The van der Waals surface area contributed by atoms with Gasteiger partial charge in [0.05, 0.1) is 18.8 Å². The number of esters is 1. The van der Waals surface area contributed by atoms with Crippen molar-refractivity contribution in [2.24, 2.45) is 40.5 Å². The molecule has 0 bridgehead atoms. The molecule has 2 aliphatic rings. The number of ether oxygens (including phenoxy) is 1. The van der Waals surface area contributed by atoms with Gasteiger partial charge >= 0.3 is 5.97 Å². The summed E-state index contributed by atoms with van der Waals surface area (Å²) in [5.41, 5.74) is 30.6. The normalized spacial score (nSPS) is 24.5. The van der Waals surface area contributed by atoms with Crippen LogP contribution in [0.4, 0.5) is 0 Å². The number of benzene rings is 2. The second-order valence-corrected chi connectivity index (χ2v) is 22.4. The lowest BCUT2D eigenvalue weighted by atomic mass is 9.87. The van der Waals surface area contributed by atoms with E-state index < -0.39 is 168 Å². The quantitative estimate of drug-likeness (QED) is 0.0324. The van der Waals surface area contributed by atoms with Crippen LogP contribution in [0.15, 0.2) is 60.7 Å². The molecule has 23 N–H and O–H groups in total. The fourth-order valence-corrected chi connectivity index (χ4v) is 9.93. The summed E-state index contributed by atoms with van der Waals surface area (Å²) < 4.78 is 5.21. The Morgan fingerprint density at radius 1 is 0.562 bits per heavy atom. The van der Waals surface area contributed by atoms with Crippen LogP contribution in [0.3, 0.4) is 0 Å². The standard InChI is InChI=1S/C58H90N16O15/c1-30(2)27-42-53(83)67-36(15-21-59)47(77)66-39(18-24-62)51(81)73-45(31(3)75)56(86)64-26-20-41(50(80)65-37(16-22-60)49(79)72-43(54(84)71-42)28-33-11-7-5-8-12-33)68-48(78)38(17-23-61)70-57(87)46(32(4)76)74-52(82)40(19-25-63)69-55(85)44-35(29-89-58(44)88)34-13-9-6-10-14-34/h5-14,30-32,35-46,75-76H,15-29,59-63H2,1-4H3,(H,64,86)(H,65,80)(H,66,77)(H,67,83)(H,68,78)(H,69,85)(H,70,87)(H,71,84)(H,72,79)(H,73,81)(H,74,82)/t31?,32?,35?,36-,37-,38-,39-,40-,41-,42-,43+,44?,45-,46-/m0/s1. The van der Waals surface area contributed by atoms with Crippen molar-refractivity contribution < 1.29 is 72.5 Å². The highest BCUT2D eigenvalue weighted by molar-refractivity contribution is 6.03. The van der Waals surface area contributed by atoms with Crippen molar-refractivity contribution in [1.29, 1.82) is 0 Å². The summed E-state index contributed by atoms with van der Waals surface area (Å²) >= 11 is 0. The zero-order chi connectivity index (χ0) is 65.9. The minimum Gasteiger partial charge on any atom is -0.464 e. The van der Waals surface area contributed by atoms with E-state index in [9.17, 15) is 67.7 Å². The van der Waals surface area contributed by atoms with Crippen molar-refractivity contribution >= 4 is 70.9 Å². The summed E-state index contributed by atoms with van der Waals surface area (Å²) in [7, 11) is 0. The number of carbonyl (C=O) groups is 12. The lowest BCUT2D eigenvalue weighted by Crippen LogP contribution is -2.62. The average molecular weight is 1250 g/mol. The number of amides is 11. The van der Waals surface area contributed by atoms with Crippen molar-refractivity contribution in [1.82, 2.24) is 58.5 Å². The predicted octanol–water partition coefficient (Wildman–Crippen LogP) is -6.89. The zero-order valence-electron chi connectivity index (χ0n) is 50.6. The topological polar surface area (TPSA) is 517 Å². The number of rotatable bonds is 25. The van der Waals surface area contributed by atoms with Gasteiger partial charge in [-0.15, -0.1) is 0 Å². The molecule has 2 fully saturated rings. The van der Waals surface area contributed by atoms with Crippen LogP contribution in [0.25, 0.3) is 0 Å². The highest BCUT2D eigenvalue weighted by Crippen LogP contribution is 2.32. The van der Waals surface area contributed by atoms with Crippen molar-refractivity contribution in [2.75, 3.05) is 45.9 Å². The first-order chi connectivity index (χ1) is 42.4. The minimum absolute atomic E-state index is 0.0308. The van der Waals surface area contributed by atoms with Crippen LogP contribution in [-0.4, -0.2) is 200 Å². The van der Waals surface area contributed by atoms with E-state index in [2.05, 4.69) is 58.5 Å². The molecule has 2 saturated heterocycles. The molecule has 492 valence electrons. The lowest BCUT2D eigenvalue weighted by molar-refractivity contribution is -0.146. The van der Waals surface area contributed by atoms with E-state index in [1.807, 2.05) is 0 Å². The summed E-state index contributed by atoms with van der Waals surface area (Å²) in [4.78, 5) is 168. The number of carbonyl (C=O) groups excluding carboxylic acids is 12. The molecule has 2 aromatic carbocycles. The molecule has 0 radical (unpaired) electrons. The van der Waals surface area contributed by atoms with Crippen LogP contribution >= 0.6 is 0 Å². The molecule has 0 aliphatic carbocycles. The van der Waals surface area contributed by atoms with Crippen molar-refractivity contribution in [3.05, 3.63) is 71.8 Å². The summed E-state index contributed by atoms with van der Waals surface area (Å²) in [5, 5.41) is 49.5. The Hall–Kier alpha value is -8.20. The van der Waals surface area contributed by atoms with E-state index in [1.165, 1.54) is 6.92 Å². The van der Waals surface area contributed by atoms with Crippen LogP contribution in [-0.2, 0) is 68.7 Å². The maximum absolute atomic E-state index is 14.6. The van der Waals surface area contributed by atoms with Gasteiger partial charge < -0.3 is 102 Å². The van der Waals surface area contributed by atoms with Gasteiger partial charge in [-0.2, -0.15) is 0 Å². The summed E-state index contributed by atoms with van der Waals surface area (Å²) in [6.07, 6.45) is -4.96. The molecule has 2 heterocycles. The maximum Gasteiger partial charge on any atom is 0.319 e. The Morgan fingerprint density at radius 3 is 1.56 bits per heavy atom. The van der Waals surface area contributed by atoms with Crippen LogP contribution in [0.2, 0.25) is 0 Å². The van der Waals surface area contributed by atoms with Gasteiger partial charge in [-0.05, 0) is 109 Å². The van der Waals surface area contributed by atoms with Gasteiger partial charge in [0, 0.05) is 18.9 Å². The third-order valence-corrected chi connectivity index (χ3v) is 14.8. The fourth-order valence-electron chi connectivity index (χ4n) is 9.93. The smallest absolute Gasteiger partial charge is 0.319 e. The van der Waals surface area contributed by atoms with Crippen LogP contribution in [0.1, 0.15) is 89.7 Å². The monoisotopic (exact) mass is 1250 g/mol. The first-order valence-electron chi connectivity index (χ1n) is 29.8. The predicted molar refractivity (Wildman–Crippen MR) is 322 cm³/mol. The molecule has 31 nitrogen and oxygen atoms in total. The van der Waals surface area contributed by atoms with Gasteiger partial charge in [0.1, 0.15) is 66.3 Å². The number of hydrogen-bond acceptors (Lipinski definition) is 20. The number of nitrogens with one attached hydrogen (secondary N) is 11. The molecule has 0 spiro atoms. The second kappa shape index (κ2) is 37.0. The molecule has 14 atom stereocenters. The van der Waals surface area contributed by atoms with Gasteiger partial charge in [0.15, 0.2) is 0 Å². The zero-order valence-corrected chi connectivity index (χ0v) is 50.6. The molecule has 11 amide bonds. The van der Waals surface area contributed by atoms with Crippen molar-refractivity contribution in [2.45, 2.75) is 158 Å². The highest BCUT2D eigenvalue weighted by Gasteiger charge is 2.45. The molecule has 89 heavy (non-hydrogen) atoms. The molecular formula is C58H90N16O15. The Balaban J connectivity index is 1.70. The van der Waals surface area contributed by atoms with E-state index in [0.717, 1.165) is 6.92 Å². The largest absolute Gasteiger partial charge is 0.464 e. The number of hydrogen-bond donors (Lipinski definition) is 18. The Kier molecular flexibility index (Phi) is 30.4. The van der Waals surface area contributed by atoms with E-state index >= 15 is 0 Å². The number of cyclic esters (lactones) is 1. The molecule has 31 heteroatoms. The Bertz CT molecular complexity index is 2730. The van der Waals surface area contributed by atoms with Gasteiger partial charge in [-0.1, -0.05) is 74.5 Å². The van der Waals surface area contributed by atoms with E-state index in [-0.39, 0.29) is 90.2 Å².